The fourth-order valence-electron chi connectivity index (χ4n) is 1.98. The Hall–Kier alpha value is -0.340. The molecule has 0 spiro atoms. The summed E-state index contributed by atoms with van der Waals surface area (Å²) in [5.74, 6) is 0. The molecule has 0 saturated heterocycles. The molecule has 1 aromatic rings. The zero-order chi connectivity index (χ0) is 11.0. The Morgan fingerprint density at radius 1 is 0.867 bits per heavy atom. The third kappa shape index (κ3) is 1.98. The largest absolute Gasteiger partial charge is 0.114 e. The topological polar surface area (TPSA) is 0 Å². The van der Waals surface area contributed by atoms with E-state index in [0.29, 0.717) is 4.58 Å². The maximum atomic E-state index is 2.30. The minimum Gasteiger partial charge on any atom is -0.114 e. The molecule has 15 heavy (non-hydrogen) atoms. The van der Waals surface area contributed by atoms with E-state index in [-0.39, 0.29) is 0 Å². The van der Waals surface area contributed by atoms with Crippen LogP contribution in [0.25, 0.3) is 0 Å². The molecule has 0 aliphatic carbocycles. The Morgan fingerprint density at radius 2 is 1.33 bits per heavy atom. The molecule has 1 heterocycles. The zero-order valence-electron chi connectivity index (χ0n) is 9.63. The Labute approximate surface area is 101 Å². The summed E-state index contributed by atoms with van der Waals surface area (Å²) in [4.78, 5) is 0. The van der Waals surface area contributed by atoms with E-state index in [1.807, 2.05) is 23.5 Å². The summed E-state index contributed by atoms with van der Waals surface area (Å²) in [6.45, 7) is 8.92. The summed E-state index contributed by atoms with van der Waals surface area (Å²) < 4.78 is 0.573. The van der Waals surface area contributed by atoms with Crippen LogP contribution in [0, 0.1) is 27.7 Å². The fourth-order valence-corrected chi connectivity index (χ4v) is 4.40. The SMILES string of the molecule is Cc1cc(C)c(C)c(C2SC=CS2)c1C. The van der Waals surface area contributed by atoms with Crippen molar-refractivity contribution in [3.8, 4) is 0 Å². The molecule has 1 aliphatic heterocycles. The Kier molecular flexibility index (Phi) is 3.17. The van der Waals surface area contributed by atoms with E-state index in [1.165, 1.54) is 27.8 Å². The normalized spacial score (nSPS) is 16.3. The highest BCUT2D eigenvalue weighted by atomic mass is 32.2. The standard InChI is InChI=1S/C13H16S2/c1-8-7-9(2)11(4)12(10(8)3)13-14-5-6-15-13/h5-7,13H,1-4H3. The van der Waals surface area contributed by atoms with Crippen LogP contribution in [-0.2, 0) is 0 Å². The first-order valence-electron chi connectivity index (χ1n) is 5.14. The third-order valence-electron chi connectivity index (χ3n) is 3.12. The van der Waals surface area contributed by atoms with Gasteiger partial charge in [0.25, 0.3) is 0 Å². The molecule has 2 heteroatoms. The number of thioether (sulfide) groups is 2. The summed E-state index contributed by atoms with van der Waals surface area (Å²) in [5, 5.41) is 4.40. The van der Waals surface area contributed by atoms with Gasteiger partial charge in [0.2, 0.25) is 0 Å². The molecule has 0 fully saturated rings. The Bertz CT molecular complexity index is 385. The van der Waals surface area contributed by atoms with Crippen LogP contribution in [0.15, 0.2) is 16.9 Å². The second-order valence-corrected chi connectivity index (χ2v) is 6.38. The van der Waals surface area contributed by atoms with E-state index < -0.39 is 0 Å². The molecule has 0 saturated carbocycles. The van der Waals surface area contributed by atoms with Gasteiger partial charge in [-0.25, -0.2) is 0 Å². The molecule has 1 aliphatic rings. The van der Waals surface area contributed by atoms with Crippen molar-refractivity contribution in [1.29, 1.82) is 0 Å². The van der Waals surface area contributed by atoms with Gasteiger partial charge in [-0.05, 0) is 66.3 Å². The van der Waals surface area contributed by atoms with Gasteiger partial charge in [-0.1, -0.05) is 6.07 Å². The van der Waals surface area contributed by atoms with Gasteiger partial charge in [-0.15, -0.1) is 23.5 Å². The van der Waals surface area contributed by atoms with Crippen molar-refractivity contribution in [3.05, 3.63) is 44.7 Å². The summed E-state index contributed by atoms with van der Waals surface area (Å²) >= 11 is 3.85. The van der Waals surface area contributed by atoms with E-state index in [9.17, 15) is 0 Å². The predicted octanol–water partition coefficient (Wildman–Crippen LogP) is 4.87. The van der Waals surface area contributed by atoms with Crippen LogP contribution in [0.5, 0.6) is 0 Å². The van der Waals surface area contributed by atoms with Crippen LogP contribution < -0.4 is 0 Å². The van der Waals surface area contributed by atoms with Crippen molar-refractivity contribution in [1.82, 2.24) is 0 Å². The molecule has 0 atom stereocenters. The fraction of sp³-hybridized carbons (Fsp3) is 0.385. The van der Waals surface area contributed by atoms with Crippen molar-refractivity contribution in [2.45, 2.75) is 32.3 Å². The zero-order valence-corrected chi connectivity index (χ0v) is 11.3. The van der Waals surface area contributed by atoms with Crippen LogP contribution in [0.1, 0.15) is 32.4 Å². The van der Waals surface area contributed by atoms with Crippen molar-refractivity contribution >= 4 is 23.5 Å². The van der Waals surface area contributed by atoms with E-state index in [1.54, 1.807) is 0 Å². The monoisotopic (exact) mass is 236 g/mol. The average Bonchev–Trinajstić information content (AvgIpc) is 2.69. The molecule has 2 rings (SSSR count). The Morgan fingerprint density at radius 3 is 1.80 bits per heavy atom. The van der Waals surface area contributed by atoms with Crippen molar-refractivity contribution < 1.29 is 0 Å². The lowest BCUT2D eigenvalue weighted by Crippen LogP contribution is -1.99. The van der Waals surface area contributed by atoms with Gasteiger partial charge >= 0.3 is 0 Å². The molecule has 0 aromatic heterocycles. The van der Waals surface area contributed by atoms with Crippen LogP contribution >= 0.6 is 23.5 Å². The maximum Gasteiger partial charge on any atom is 0.0839 e. The summed E-state index contributed by atoms with van der Waals surface area (Å²) in [6.07, 6.45) is 0. The van der Waals surface area contributed by atoms with Gasteiger partial charge in [0.1, 0.15) is 0 Å². The third-order valence-corrected chi connectivity index (χ3v) is 5.51. The lowest BCUT2D eigenvalue weighted by molar-refractivity contribution is 1.15. The molecule has 80 valence electrons. The first kappa shape index (κ1) is 11.2. The molecule has 0 unspecified atom stereocenters. The van der Waals surface area contributed by atoms with Gasteiger partial charge in [0.05, 0.1) is 4.58 Å². The minimum absolute atomic E-state index is 0.573. The second-order valence-electron chi connectivity index (χ2n) is 4.05. The molecule has 0 amide bonds. The van der Waals surface area contributed by atoms with Crippen LogP contribution in [-0.4, -0.2) is 0 Å². The van der Waals surface area contributed by atoms with Gasteiger partial charge in [0.15, 0.2) is 0 Å². The van der Waals surface area contributed by atoms with E-state index >= 15 is 0 Å². The first-order chi connectivity index (χ1) is 7.11. The summed E-state index contributed by atoms with van der Waals surface area (Å²) in [6, 6.07) is 2.30. The highest BCUT2D eigenvalue weighted by molar-refractivity contribution is 8.21. The first-order valence-corrected chi connectivity index (χ1v) is 7.03. The van der Waals surface area contributed by atoms with Crippen molar-refractivity contribution in [2.24, 2.45) is 0 Å². The number of aryl methyl sites for hydroxylation is 2. The molecule has 0 nitrogen and oxygen atoms in total. The van der Waals surface area contributed by atoms with Gasteiger partial charge < -0.3 is 0 Å². The second kappa shape index (κ2) is 4.26. The van der Waals surface area contributed by atoms with E-state index in [0.717, 1.165) is 0 Å². The quantitative estimate of drug-likeness (QED) is 0.682. The molecule has 1 aromatic carbocycles. The molecular weight excluding hydrogens is 220 g/mol. The predicted molar refractivity (Wildman–Crippen MR) is 72.5 cm³/mol. The van der Waals surface area contributed by atoms with Crippen LogP contribution in [0.2, 0.25) is 0 Å². The molecular formula is C13H16S2. The average molecular weight is 236 g/mol. The lowest BCUT2D eigenvalue weighted by Gasteiger charge is -2.19. The number of hydrogen-bond acceptors (Lipinski definition) is 2. The Balaban J connectivity index is 2.53. The van der Waals surface area contributed by atoms with Gasteiger partial charge in [0, 0.05) is 0 Å². The van der Waals surface area contributed by atoms with Crippen molar-refractivity contribution in [2.75, 3.05) is 0 Å². The van der Waals surface area contributed by atoms with Gasteiger partial charge in [-0.3, -0.25) is 0 Å². The van der Waals surface area contributed by atoms with E-state index in [2.05, 4.69) is 44.6 Å². The van der Waals surface area contributed by atoms with Gasteiger partial charge in [-0.2, -0.15) is 0 Å². The summed E-state index contributed by atoms with van der Waals surface area (Å²) in [5.41, 5.74) is 7.30. The number of benzene rings is 1. The number of rotatable bonds is 1. The highest BCUT2D eigenvalue weighted by Crippen LogP contribution is 2.49. The smallest absolute Gasteiger partial charge is 0.0839 e. The summed E-state index contributed by atoms with van der Waals surface area (Å²) in [7, 11) is 0. The molecule has 0 radical (unpaired) electrons. The van der Waals surface area contributed by atoms with Crippen molar-refractivity contribution in [3.63, 3.8) is 0 Å². The highest BCUT2D eigenvalue weighted by Gasteiger charge is 2.20. The molecule has 0 bridgehead atoms. The molecule has 0 N–H and O–H groups in total. The minimum atomic E-state index is 0.573. The lowest BCUT2D eigenvalue weighted by atomic mass is 9.95. The van der Waals surface area contributed by atoms with Crippen LogP contribution in [0.4, 0.5) is 0 Å². The van der Waals surface area contributed by atoms with Crippen LogP contribution in [0.3, 0.4) is 0 Å². The number of hydrogen-bond donors (Lipinski definition) is 0. The maximum absolute atomic E-state index is 2.30. The van der Waals surface area contributed by atoms with E-state index in [4.69, 9.17) is 0 Å².